The van der Waals surface area contributed by atoms with Gasteiger partial charge in [0.1, 0.15) is 16.9 Å². The molecule has 1 aromatic carbocycles. The molecule has 0 aromatic heterocycles. The Labute approximate surface area is 93.2 Å². The molecule has 1 atom stereocenters. The zero-order chi connectivity index (χ0) is 9.97. The molecule has 0 bridgehead atoms. The molecule has 1 saturated heterocycles. The lowest BCUT2D eigenvalue weighted by atomic mass is 10.3. The van der Waals surface area contributed by atoms with Crippen LogP contribution in [0.1, 0.15) is 6.42 Å². The fraction of sp³-hybridized carbons (Fsp3) is 0.400. The highest BCUT2D eigenvalue weighted by Gasteiger charge is 2.17. The van der Waals surface area contributed by atoms with Crippen molar-refractivity contribution in [2.45, 2.75) is 12.5 Å². The van der Waals surface area contributed by atoms with Gasteiger partial charge in [-0.05, 0) is 25.1 Å². The summed E-state index contributed by atoms with van der Waals surface area (Å²) in [5, 5.41) is 4.26. The number of hydrogen-bond acceptors (Lipinski definition) is 2. The van der Waals surface area contributed by atoms with E-state index in [4.69, 9.17) is 27.9 Å². The van der Waals surface area contributed by atoms with Crippen molar-refractivity contribution >= 4 is 23.2 Å². The zero-order valence-corrected chi connectivity index (χ0v) is 9.11. The summed E-state index contributed by atoms with van der Waals surface area (Å²) in [7, 11) is 0. The zero-order valence-electron chi connectivity index (χ0n) is 7.59. The minimum atomic E-state index is 0.214. The number of benzene rings is 1. The molecule has 0 spiro atoms. The van der Waals surface area contributed by atoms with Crippen LogP contribution in [0.2, 0.25) is 10.0 Å². The first-order valence-corrected chi connectivity index (χ1v) is 5.34. The summed E-state index contributed by atoms with van der Waals surface area (Å²) in [5.74, 6) is 0.674. The first-order valence-electron chi connectivity index (χ1n) is 4.59. The number of rotatable bonds is 2. The summed E-state index contributed by atoms with van der Waals surface area (Å²) in [5.41, 5.74) is 0. The molecule has 0 unspecified atom stereocenters. The highest BCUT2D eigenvalue weighted by atomic mass is 35.5. The van der Waals surface area contributed by atoms with Crippen LogP contribution in [0.3, 0.4) is 0 Å². The first-order chi connectivity index (χ1) is 6.77. The molecule has 14 heavy (non-hydrogen) atoms. The average molecular weight is 232 g/mol. The lowest BCUT2D eigenvalue weighted by Crippen LogP contribution is -2.19. The van der Waals surface area contributed by atoms with E-state index in [0.29, 0.717) is 15.8 Å². The monoisotopic (exact) mass is 231 g/mol. The van der Waals surface area contributed by atoms with Crippen LogP contribution in [0.25, 0.3) is 0 Å². The van der Waals surface area contributed by atoms with Gasteiger partial charge in [-0.1, -0.05) is 29.3 Å². The maximum absolute atomic E-state index is 5.99. The normalized spacial score (nSPS) is 21.1. The summed E-state index contributed by atoms with van der Waals surface area (Å²) >= 11 is 11.9. The Hall–Kier alpha value is -0.440. The third-order valence-electron chi connectivity index (χ3n) is 2.22. The van der Waals surface area contributed by atoms with Crippen molar-refractivity contribution < 1.29 is 4.74 Å². The third kappa shape index (κ3) is 2.14. The van der Waals surface area contributed by atoms with Crippen LogP contribution in [0.15, 0.2) is 18.2 Å². The molecule has 1 fully saturated rings. The Morgan fingerprint density at radius 3 is 2.93 bits per heavy atom. The molecule has 1 aromatic rings. The second kappa shape index (κ2) is 4.39. The molecule has 76 valence electrons. The molecule has 0 radical (unpaired) electrons. The third-order valence-corrected chi connectivity index (χ3v) is 3.03. The highest BCUT2D eigenvalue weighted by Crippen LogP contribution is 2.32. The van der Waals surface area contributed by atoms with Crippen LogP contribution in [0, 0.1) is 0 Å². The predicted octanol–water partition coefficient (Wildman–Crippen LogP) is 2.73. The van der Waals surface area contributed by atoms with Crippen LogP contribution >= 0.6 is 23.2 Å². The van der Waals surface area contributed by atoms with E-state index in [-0.39, 0.29) is 6.10 Å². The molecule has 1 aliphatic rings. The van der Waals surface area contributed by atoms with Crippen molar-refractivity contribution in [1.82, 2.24) is 5.32 Å². The summed E-state index contributed by atoms with van der Waals surface area (Å²) in [6.07, 6.45) is 1.23. The summed E-state index contributed by atoms with van der Waals surface area (Å²) in [4.78, 5) is 0. The van der Waals surface area contributed by atoms with Gasteiger partial charge >= 0.3 is 0 Å². The maximum Gasteiger partial charge on any atom is 0.139 e. The van der Waals surface area contributed by atoms with Gasteiger partial charge in [0.25, 0.3) is 0 Å². The van der Waals surface area contributed by atoms with Gasteiger partial charge in [0.05, 0.1) is 5.02 Å². The molecular formula is C10H11Cl2NO. The quantitative estimate of drug-likeness (QED) is 0.846. The largest absolute Gasteiger partial charge is 0.487 e. The molecule has 2 rings (SSSR count). The van der Waals surface area contributed by atoms with Gasteiger partial charge in [-0.2, -0.15) is 0 Å². The van der Waals surface area contributed by atoms with Crippen molar-refractivity contribution in [2.75, 3.05) is 13.1 Å². The number of nitrogens with one attached hydrogen (secondary N) is 1. The summed E-state index contributed by atoms with van der Waals surface area (Å²) in [6.45, 7) is 1.88. The molecule has 1 N–H and O–H groups in total. The lowest BCUT2D eigenvalue weighted by Gasteiger charge is -2.13. The SMILES string of the molecule is Clc1cccc(O[C@H]2CCNC2)c1Cl. The molecule has 1 aliphatic heterocycles. The molecular weight excluding hydrogens is 221 g/mol. The van der Waals surface area contributed by atoms with E-state index >= 15 is 0 Å². The van der Waals surface area contributed by atoms with Crippen molar-refractivity contribution in [2.24, 2.45) is 0 Å². The average Bonchev–Trinajstić information content (AvgIpc) is 2.66. The maximum atomic E-state index is 5.99. The van der Waals surface area contributed by atoms with Crippen molar-refractivity contribution in [3.05, 3.63) is 28.2 Å². The first kappa shape index (κ1) is 10.1. The van der Waals surface area contributed by atoms with Crippen LogP contribution in [0.5, 0.6) is 5.75 Å². The van der Waals surface area contributed by atoms with Gasteiger partial charge in [0, 0.05) is 6.54 Å². The molecule has 0 saturated carbocycles. The van der Waals surface area contributed by atoms with Gasteiger partial charge in [-0.25, -0.2) is 0 Å². The Kier molecular flexibility index (Phi) is 3.16. The predicted molar refractivity (Wildman–Crippen MR) is 58.4 cm³/mol. The Morgan fingerprint density at radius 1 is 1.36 bits per heavy atom. The molecule has 4 heteroatoms. The van der Waals surface area contributed by atoms with E-state index in [1.807, 2.05) is 12.1 Å². The van der Waals surface area contributed by atoms with Gasteiger partial charge in [-0.3, -0.25) is 0 Å². The molecule has 2 nitrogen and oxygen atoms in total. The Bertz CT molecular complexity index is 324. The van der Waals surface area contributed by atoms with Gasteiger partial charge < -0.3 is 10.1 Å². The summed E-state index contributed by atoms with van der Waals surface area (Å²) < 4.78 is 5.71. The van der Waals surface area contributed by atoms with E-state index < -0.39 is 0 Å². The molecule has 0 aliphatic carbocycles. The fourth-order valence-corrected chi connectivity index (χ4v) is 1.82. The molecule has 1 heterocycles. The fourth-order valence-electron chi connectivity index (χ4n) is 1.48. The smallest absolute Gasteiger partial charge is 0.139 e. The topological polar surface area (TPSA) is 21.3 Å². The number of halogens is 2. The van der Waals surface area contributed by atoms with E-state index in [1.54, 1.807) is 6.07 Å². The van der Waals surface area contributed by atoms with Crippen LogP contribution in [-0.4, -0.2) is 19.2 Å². The van der Waals surface area contributed by atoms with Crippen molar-refractivity contribution in [3.8, 4) is 5.75 Å². The van der Waals surface area contributed by atoms with Crippen LogP contribution in [-0.2, 0) is 0 Å². The van der Waals surface area contributed by atoms with Gasteiger partial charge in [0.2, 0.25) is 0 Å². The number of ether oxygens (including phenoxy) is 1. The standard InChI is InChI=1S/C10H11Cl2NO/c11-8-2-1-3-9(10(8)12)14-7-4-5-13-6-7/h1-3,7,13H,4-6H2/t7-/m0/s1. The van der Waals surface area contributed by atoms with Crippen LogP contribution < -0.4 is 10.1 Å². The second-order valence-electron chi connectivity index (χ2n) is 3.28. The summed E-state index contributed by atoms with van der Waals surface area (Å²) in [6, 6.07) is 5.43. The minimum absolute atomic E-state index is 0.214. The van der Waals surface area contributed by atoms with E-state index in [1.165, 1.54) is 0 Å². The van der Waals surface area contributed by atoms with E-state index in [2.05, 4.69) is 5.32 Å². The highest BCUT2D eigenvalue weighted by molar-refractivity contribution is 6.42. The lowest BCUT2D eigenvalue weighted by molar-refractivity contribution is 0.223. The van der Waals surface area contributed by atoms with Crippen molar-refractivity contribution in [3.63, 3.8) is 0 Å². The van der Waals surface area contributed by atoms with E-state index in [9.17, 15) is 0 Å². The van der Waals surface area contributed by atoms with Crippen molar-refractivity contribution in [1.29, 1.82) is 0 Å². The van der Waals surface area contributed by atoms with Crippen LogP contribution in [0.4, 0.5) is 0 Å². The second-order valence-corrected chi connectivity index (χ2v) is 4.07. The van der Waals surface area contributed by atoms with Gasteiger partial charge in [0.15, 0.2) is 0 Å². The Morgan fingerprint density at radius 2 is 2.21 bits per heavy atom. The van der Waals surface area contributed by atoms with Gasteiger partial charge in [-0.15, -0.1) is 0 Å². The van der Waals surface area contributed by atoms with E-state index in [0.717, 1.165) is 19.5 Å². The Balaban J connectivity index is 2.11. The minimum Gasteiger partial charge on any atom is -0.487 e. The number of hydrogen-bond donors (Lipinski definition) is 1. The molecule has 0 amide bonds.